The number of anilines is 1. The van der Waals surface area contributed by atoms with Crippen molar-refractivity contribution in [2.45, 2.75) is 32.8 Å². The van der Waals surface area contributed by atoms with Crippen LogP contribution in [0.4, 0.5) is 5.69 Å². The second-order valence-electron chi connectivity index (χ2n) is 4.82. The van der Waals surface area contributed by atoms with Crippen molar-refractivity contribution in [3.8, 4) is 5.75 Å². The Hall–Kier alpha value is -1.96. The van der Waals surface area contributed by atoms with Gasteiger partial charge in [-0.25, -0.2) is 0 Å². The van der Waals surface area contributed by atoms with Crippen LogP contribution in [0.1, 0.15) is 37.5 Å². The average molecular weight is 255 g/mol. The lowest BCUT2D eigenvalue weighted by molar-refractivity contribution is 0.227. The van der Waals surface area contributed by atoms with Crippen molar-refractivity contribution in [3.63, 3.8) is 0 Å². The molecular formula is C17H21NO. The summed E-state index contributed by atoms with van der Waals surface area (Å²) in [6.07, 6.45) is 2.28. The number of aryl methyl sites for hydroxylation is 1. The molecular weight excluding hydrogens is 234 g/mol. The van der Waals surface area contributed by atoms with Crippen LogP contribution in [-0.2, 0) is 6.42 Å². The summed E-state index contributed by atoms with van der Waals surface area (Å²) in [5.41, 5.74) is 9.01. The molecule has 2 heteroatoms. The molecule has 0 bridgehead atoms. The van der Waals surface area contributed by atoms with Crippen LogP contribution in [0.3, 0.4) is 0 Å². The first-order valence-corrected chi connectivity index (χ1v) is 6.80. The Balaban J connectivity index is 2.04. The first kappa shape index (κ1) is 13.5. The Labute approximate surface area is 115 Å². The molecule has 2 aromatic rings. The summed E-state index contributed by atoms with van der Waals surface area (Å²) >= 11 is 0. The highest BCUT2D eigenvalue weighted by molar-refractivity contribution is 5.41. The van der Waals surface area contributed by atoms with Gasteiger partial charge in [-0.15, -0.1) is 0 Å². The smallest absolute Gasteiger partial charge is 0.121 e. The maximum atomic E-state index is 5.93. The summed E-state index contributed by atoms with van der Waals surface area (Å²) in [5.74, 6) is 0.898. The molecule has 0 amide bonds. The van der Waals surface area contributed by atoms with Crippen molar-refractivity contribution >= 4 is 5.69 Å². The van der Waals surface area contributed by atoms with Gasteiger partial charge in [0.15, 0.2) is 0 Å². The SMILES string of the molecule is CCCc1ccc(OC(C)c2cccc(N)c2)cc1. The zero-order chi connectivity index (χ0) is 13.7. The Kier molecular flexibility index (Phi) is 4.45. The molecule has 0 saturated carbocycles. The van der Waals surface area contributed by atoms with Crippen molar-refractivity contribution in [2.24, 2.45) is 0 Å². The van der Waals surface area contributed by atoms with E-state index in [4.69, 9.17) is 10.5 Å². The Morgan fingerprint density at radius 2 is 1.84 bits per heavy atom. The van der Waals surface area contributed by atoms with Gasteiger partial charge in [-0.2, -0.15) is 0 Å². The van der Waals surface area contributed by atoms with Crippen molar-refractivity contribution in [3.05, 3.63) is 59.7 Å². The molecule has 2 nitrogen and oxygen atoms in total. The molecule has 0 aromatic heterocycles. The standard InChI is InChI=1S/C17H21NO/c1-3-5-14-8-10-17(11-9-14)19-13(2)15-6-4-7-16(18)12-15/h4,6-13H,3,5,18H2,1-2H3. The highest BCUT2D eigenvalue weighted by atomic mass is 16.5. The van der Waals surface area contributed by atoms with Gasteiger partial charge < -0.3 is 10.5 Å². The molecule has 0 fully saturated rings. The first-order valence-electron chi connectivity index (χ1n) is 6.80. The van der Waals surface area contributed by atoms with Crippen LogP contribution in [0.25, 0.3) is 0 Å². The van der Waals surface area contributed by atoms with Gasteiger partial charge in [0.1, 0.15) is 11.9 Å². The lowest BCUT2D eigenvalue weighted by Crippen LogP contribution is -2.03. The normalized spacial score (nSPS) is 12.1. The highest BCUT2D eigenvalue weighted by Gasteiger charge is 2.07. The molecule has 0 spiro atoms. The Bertz CT molecular complexity index is 519. The average Bonchev–Trinajstić information content (AvgIpc) is 2.41. The van der Waals surface area contributed by atoms with E-state index in [1.165, 1.54) is 12.0 Å². The van der Waals surface area contributed by atoms with E-state index in [1.807, 2.05) is 43.3 Å². The van der Waals surface area contributed by atoms with E-state index in [2.05, 4.69) is 19.1 Å². The molecule has 2 N–H and O–H groups in total. The summed E-state index contributed by atoms with van der Waals surface area (Å²) in [5, 5.41) is 0. The monoisotopic (exact) mass is 255 g/mol. The second kappa shape index (κ2) is 6.28. The molecule has 0 radical (unpaired) electrons. The van der Waals surface area contributed by atoms with E-state index < -0.39 is 0 Å². The van der Waals surface area contributed by atoms with E-state index in [9.17, 15) is 0 Å². The molecule has 0 aliphatic carbocycles. The van der Waals surface area contributed by atoms with E-state index in [-0.39, 0.29) is 6.10 Å². The summed E-state index contributed by atoms with van der Waals surface area (Å²) in [6, 6.07) is 16.2. The minimum absolute atomic E-state index is 0.000486. The van der Waals surface area contributed by atoms with Crippen LogP contribution in [-0.4, -0.2) is 0 Å². The number of hydrogen-bond donors (Lipinski definition) is 1. The van der Waals surface area contributed by atoms with Crippen LogP contribution in [0.15, 0.2) is 48.5 Å². The van der Waals surface area contributed by atoms with Crippen LogP contribution >= 0.6 is 0 Å². The molecule has 2 rings (SSSR count). The van der Waals surface area contributed by atoms with Gasteiger partial charge in [0.05, 0.1) is 0 Å². The number of nitrogen functional groups attached to an aromatic ring is 1. The third kappa shape index (κ3) is 3.75. The Morgan fingerprint density at radius 3 is 2.47 bits per heavy atom. The molecule has 100 valence electrons. The van der Waals surface area contributed by atoms with Crippen molar-refractivity contribution in [2.75, 3.05) is 5.73 Å². The highest BCUT2D eigenvalue weighted by Crippen LogP contribution is 2.23. The van der Waals surface area contributed by atoms with E-state index >= 15 is 0 Å². The zero-order valence-electron chi connectivity index (χ0n) is 11.6. The quantitative estimate of drug-likeness (QED) is 0.806. The number of hydrogen-bond acceptors (Lipinski definition) is 2. The third-order valence-electron chi connectivity index (χ3n) is 3.15. The van der Waals surface area contributed by atoms with E-state index in [0.29, 0.717) is 0 Å². The second-order valence-corrected chi connectivity index (χ2v) is 4.82. The molecule has 19 heavy (non-hydrogen) atoms. The lowest BCUT2D eigenvalue weighted by atomic mass is 10.1. The van der Waals surface area contributed by atoms with Gasteiger partial charge in [-0.1, -0.05) is 37.6 Å². The number of nitrogens with two attached hydrogens (primary N) is 1. The fourth-order valence-corrected chi connectivity index (χ4v) is 2.11. The van der Waals surface area contributed by atoms with Gasteiger partial charge in [0, 0.05) is 5.69 Å². The van der Waals surface area contributed by atoms with Crippen LogP contribution in [0.5, 0.6) is 5.75 Å². The lowest BCUT2D eigenvalue weighted by Gasteiger charge is -2.15. The zero-order valence-corrected chi connectivity index (χ0v) is 11.6. The van der Waals surface area contributed by atoms with Crippen LogP contribution < -0.4 is 10.5 Å². The third-order valence-corrected chi connectivity index (χ3v) is 3.15. The van der Waals surface area contributed by atoms with Gasteiger partial charge >= 0.3 is 0 Å². The number of rotatable bonds is 5. The molecule has 1 atom stereocenters. The molecule has 0 saturated heterocycles. The molecule has 0 aliphatic heterocycles. The predicted octanol–water partition coefficient (Wildman–Crippen LogP) is 4.36. The maximum Gasteiger partial charge on any atom is 0.121 e. The summed E-state index contributed by atoms with van der Waals surface area (Å²) in [7, 11) is 0. The molecule has 0 aliphatic rings. The fourth-order valence-electron chi connectivity index (χ4n) is 2.11. The summed E-state index contributed by atoms with van der Waals surface area (Å²) in [4.78, 5) is 0. The fraction of sp³-hybridized carbons (Fsp3) is 0.294. The topological polar surface area (TPSA) is 35.2 Å². The van der Waals surface area contributed by atoms with E-state index in [0.717, 1.165) is 23.4 Å². The van der Waals surface area contributed by atoms with Gasteiger partial charge in [0.2, 0.25) is 0 Å². The summed E-state index contributed by atoms with van der Waals surface area (Å²) in [6.45, 7) is 4.22. The maximum absolute atomic E-state index is 5.93. The van der Waals surface area contributed by atoms with Crippen LogP contribution in [0.2, 0.25) is 0 Å². The predicted molar refractivity (Wildman–Crippen MR) is 80.3 cm³/mol. The summed E-state index contributed by atoms with van der Waals surface area (Å²) < 4.78 is 5.93. The Morgan fingerprint density at radius 1 is 1.11 bits per heavy atom. The number of benzene rings is 2. The van der Waals surface area contributed by atoms with E-state index in [1.54, 1.807) is 0 Å². The largest absolute Gasteiger partial charge is 0.486 e. The van der Waals surface area contributed by atoms with Crippen LogP contribution in [0, 0.1) is 0 Å². The number of ether oxygens (including phenoxy) is 1. The van der Waals surface area contributed by atoms with Gasteiger partial charge in [-0.05, 0) is 48.7 Å². The minimum atomic E-state index is 0.000486. The molecule has 0 heterocycles. The van der Waals surface area contributed by atoms with Gasteiger partial charge in [0.25, 0.3) is 0 Å². The van der Waals surface area contributed by atoms with Crippen molar-refractivity contribution in [1.82, 2.24) is 0 Å². The first-order chi connectivity index (χ1) is 9.19. The van der Waals surface area contributed by atoms with Crippen molar-refractivity contribution < 1.29 is 4.74 Å². The van der Waals surface area contributed by atoms with Gasteiger partial charge in [-0.3, -0.25) is 0 Å². The minimum Gasteiger partial charge on any atom is -0.486 e. The molecule has 2 aromatic carbocycles. The molecule has 1 unspecified atom stereocenters. The van der Waals surface area contributed by atoms with Crippen molar-refractivity contribution in [1.29, 1.82) is 0 Å².